The molecule has 1 aliphatic heterocycles. The van der Waals surface area contributed by atoms with Gasteiger partial charge in [-0.2, -0.15) is 0 Å². The summed E-state index contributed by atoms with van der Waals surface area (Å²) in [6.45, 7) is 2.54. The topological polar surface area (TPSA) is 65.6 Å². The summed E-state index contributed by atoms with van der Waals surface area (Å²) >= 11 is 4.77. The van der Waals surface area contributed by atoms with Gasteiger partial charge >= 0.3 is 5.97 Å². The zero-order chi connectivity index (χ0) is 31.8. The SMILES string of the molecule is CCOC(=O)C1=C(c2ccccc2)N=c2s/c(=C\c3cn(Cc4ccc(Br)cc4)c4ccccc34)c(=O)n2[C@@H]1c1ccc(F)cc1. The number of carbonyl (C=O) groups excluding carboxylic acids is 1. The number of para-hydroxylation sites is 1. The van der Waals surface area contributed by atoms with Crippen LogP contribution in [0.2, 0.25) is 0 Å². The van der Waals surface area contributed by atoms with Crippen LogP contribution in [0.5, 0.6) is 0 Å². The number of hydrogen-bond acceptors (Lipinski definition) is 5. The number of aromatic nitrogens is 2. The lowest BCUT2D eigenvalue weighted by Crippen LogP contribution is -2.40. The van der Waals surface area contributed by atoms with Gasteiger partial charge in [-0.05, 0) is 54.5 Å². The number of fused-ring (bicyclic) bond motifs is 2. The van der Waals surface area contributed by atoms with E-state index in [2.05, 4.69) is 44.9 Å². The van der Waals surface area contributed by atoms with Crippen LogP contribution in [0.3, 0.4) is 0 Å². The highest BCUT2D eigenvalue weighted by Crippen LogP contribution is 2.35. The zero-order valence-corrected chi connectivity index (χ0v) is 27.1. The van der Waals surface area contributed by atoms with Crippen LogP contribution < -0.4 is 14.9 Å². The lowest BCUT2D eigenvalue weighted by atomic mass is 9.93. The number of thiazole rings is 1. The minimum absolute atomic E-state index is 0.148. The Balaban J connectivity index is 1.44. The quantitative estimate of drug-likeness (QED) is 0.172. The summed E-state index contributed by atoms with van der Waals surface area (Å²) in [5.41, 5.74) is 4.73. The van der Waals surface area contributed by atoms with Crippen LogP contribution in [-0.4, -0.2) is 21.7 Å². The van der Waals surface area contributed by atoms with Crippen LogP contribution in [-0.2, 0) is 16.1 Å². The highest BCUT2D eigenvalue weighted by molar-refractivity contribution is 9.10. The van der Waals surface area contributed by atoms with E-state index in [0.717, 1.165) is 26.5 Å². The first-order valence-electron chi connectivity index (χ1n) is 14.8. The van der Waals surface area contributed by atoms with Gasteiger partial charge in [-0.3, -0.25) is 9.36 Å². The van der Waals surface area contributed by atoms with Crippen molar-refractivity contribution < 1.29 is 13.9 Å². The van der Waals surface area contributed by atoms with Gasteiger partial charge in [0.1, 0.15) is 5.82 Å². The molecule has 1 atom stereocenters. The Morgan fingerprint density at radius 1 is 0.978 bits per heavy atom. The fraction of sp³-hybridized carbons (Fsp3) is 0.108. The molecule has 4 aromatic carbocycles. The molecule has 0 N–H and O–H groups in total. The maximum Gasteiger partial charge on any atom is 0.338 e. The lowest BCUT2D eigenvalue weighted by molar-refractivity contribution is -0.138. The number of hydrogen-bond donors (Lipinski definition) is 0. The Hall–Kier alpha value is -4.86. The highest BCUT2D eigenvalue weighted by atomic mass is 79.9. The molecule has 0 saturated heterocycles. The van der Waals surface area contributed by atoms with Crippen molar-refractivity contribution in [2.45, 2.75) is 19.5 Å². The Labute approximate surface area is 276 Å². The fourth-order valence-corrected chi connectivity index (χ4v) is 7.11. The van der Waals surface area contributed by atoms with Crippen molar-refractivity contribution in [1.29, 1.82) is 0 Å². The average molecular weight is 693 g/mol. The number of ether oxygens (including phenoxy) is 1. The molecular weight excluding hydrogens is 665 g/mol. The van der Waals surface area contributed by atoms with Crippen LogP contribution in [0.1, 0.15) is 35.2 Å². The first kappa shape index (κ1) is 29.8. The van der Waals surface area contributed by atoms with Gasteiger partial charge < -0.3 is 9.30 Å². The van der Waals surface area contributed by atoms with Crippen molar-refractivity contribution in [3.8, 4) is 0 Å². The monoisotopic (exact) mass is 691 g/mol. The average Bonchev–Trinajstić information content (AvgIpc) is 3.58. The summed E-state index contributed by atoms with van der Waals surface area (Å²) < 4.78 is 24.8. The third kappa shape index (κ3) is 5.57. The van der Waals surface area contributed by atoms with Crippen LogP contribution in [0.15, 0.2) is 129 Å². The molecule has 1 aliphatic rings. The molecule has 0 aliphatic carbocycles. The first-order chi connectivity index (χ1) is 22.4. The van der Waals surface area contributed by atoms with Crippen LogP contribution in [0, 0.1) is 5.82 Å². The molecule has 2 aromatic heterocycles. The van der Waals surface area contributed by atoms with Crippen LogP contribution in [0.4, 0.5) is 4.39 Å². The number of nitrogens with zero attached hydrogens (tertiary/aromatic N) is 3. The van der Waals surface area contributed by atoms with Gasteiger partial charge in [0.05, 0.1) is 28.5 Å². The Bertz CT molecular complexity index is 2300. The Morgan fingerprint density at radius 3 is 2.43 bits per heavy atom. The third-order valence-corrected chi connectivity index (χ3v) is 9.44. The van der Waals surface area contributed by atoms with E-state index in [0.29, 0.717) is 32.7 Å². The van der Waals surface area contributed by atoms with E-state index in [9.17, 15) is 14.0 Å². The summed E-state index contributed by atoms with van der Waals surface area (Å²) in [7, 11) is 0. The zero-order valence-electron chi connectivity index (χ0n) is 24.7. The molecule has 6 aromatic rings. The highest BCUT2D eigenvalue weighted by Gasteiger charge is 2.35. The minimum Gasteiger partial charge on any atom is -0.463 e. The number of halogens is 2. The molecular formula is C37H27BrFN3O3S. The van der Waals surface area contributed by atoms with E-state index in [-0.39, 0.29) is 17.7 Å². The summed E-state index contributed by atoms with van der Waals surface area (Å²) in [5, 5.41) is 1.01. The smallest absolute Gasteiger partial charge is 0.338 e. The largest absolute Gasteiger partial charge is 0.463 e. The Kier molecular flexibility index (Phi) is 8.11. The molecule has 0 unspecified atom stereocenters. The molecule has 9 heteroatoms. The lowest BCUT2D eigenvalue weighted by Gasteiger charge is -2.25. The summed E-state index contributed by atoms with van der Waals surface area (Å²) in [6.07, 6.45) is 3.95. The predicted octanol–water partition coefficient (Wildman–Crippen LogP) is 6.84. The van der Waals surface area contributed by atoms with E-state index in [4.69, 9.17) is 9.73 Å². The van der Waals surface area contributed by atoms with Crippen molar-refractivity contribution in [3.63, 3.8) is 0 Å². The van der Waals surface area contributed by atoms with E-state index in [1.54, 1.807) is 19.1 Å². The van der Waals surface area contributed by atoms with Crippen molar-refractivity contribution >= 4 is 55.9 Å². The molecule has 0 spiro atoms. The molecule has 0 fully saturated rings. The number of carbonyl (C=O) groups is 1. The van der Waals surface area contributed by atoms with E-state index in [1.165, 1.54) is 28.0 Å². The first-order valence-corrected chi connectivity index (χ1v) is 16.4. The van der Waals surface area contributed by atoms with Gasteiger partial charge in [0.25, 0.3) is 5.56 Å². The minimum atomic E-state index is -0.869. The molecule has 0 bridgehead atoms. The Morgan fingerprint density at radius 2 is 1.70 bits per heavy atom. The van der Waals surface area contributed by atoms with E-state index in [1.807, 2.05) is 66.7 Å². The van der Waals surface area contributed by atoms with Gasteiger partial charge in [-0.1, -0.05) is 100 Å². The molecule has 7 rings (SSSR count). The molecule has 0 saturated carbocycles. The molecule has 228 valence electrons. The van der Waals surface area contributed by atoms with Crippen molar-refractivity contribution in [1.82, 2.24) is 9.13 Å². The summed E-state index contributed by atoms with van der Waals surface area (Å²) in [4.78, 5) is 33.3. The second-order valence-electron chi connectivity index (χ2n) is 10.8. The van der Waals surface area contributed by atoms with E-state index >= 15 is 0 Å². The van der Waals surface area contributed by atoms with Gasteiger partial charge in [0.2, 0.25) is 0 Å². The van der Waals surface area contributed by atoms with Crippen molar-refractivity contribution in [2.75, 3.05) is 6.61 Å². The maximum atomic E-state index is 14.3. The number of esters is 1. The van der Waals surface area contributed by atoms with E-state index < -0.39 is 17.8 Å². The third-order valence-electron chi connectivity index (χ3n) is 7.93. The van der Waals surface area contributed by atoms with Crippen LogP contribution >= 0.6 is 27.3 Å². The maximum absolute atomic E-state index is 14.3. The van der Waals surface area contributed by atoms with Crippen molar-refractivity contribution in [3.05, 3.63) is 167 Å². The number of rotatable bonds is 7. The summed E-state index contributed by atoms with van der Waals surface area (Å²) in [5.74, 6) is -0.995. The standard InChI is InChI=1S/C37H27BrFN3O3S/c1-2-45-36(44)32-33(24-8-4-3-5-9-24)40-37-42(34(32)25-14-18-28(39)19-15-25)35(43)31(46-37)20-26-22-41(30-11-7-6-10-29(26)30)21-23-12-16-27(38)17-13-23/h3-20,22,34H,2,21H2,1H3/b31-20-/t34-/m1/s1. The van der Waals surface area contributed by atoms with Gasteiger partial charge in [0.15, 0.2) is 4.80 Å². The second-order valence-corrected chi connectivity index (χ2v) is 12.8. The van der Waals surface area contributed by atoms with Crippen LogP contribution in [0.25, 0.3) is 22.7 Å². The van der Waals surface area contributed by atoms with Crippen molar-refractivity contribution in [2.24, 2.45) is 4.99 Å². The number of benzene rings is 4. The van der Waals surface area contributed by atoms with Gasteiger partial charge in [-0.15, -0.1) is 0 Å². The molecule has 0 radical (unpaired) electrons. The second kappa shape index (κ2) is 12.5. The predicted molar refractivity (Wildman–Crippen MR) is 183 cm³/mol. The molecule has 3 heterocycles. The van der Waals surface area contributed by atoms with Gasteiger partial charge in [-0.25, -0.2) is 14.2 Å². The molecule has 0 amide bonds. The van der Waals surface area contributed by atoms with Gasteiger partial charge in [0, 0.05) is 39.2 Å². The molecule has 46 heavy (non-hydrogen) atoms. The molecule has 6 nitrogen and oxygen atoms in total. The fourth-order valence-electron chi connectivity index (χ4n) is 5.85. The summed E-state index contributed by atoms with van der Waals surface area (Å²) in [6, 6.07) is 30.7. The normalized spacial score (nSPS) is 14.8.